The zero-order valence-electron chi connectivity index (χ0n) is 11.0. The number of benzene rings is 1. The smallest absolute Gasteiger partial charge is 0.390 e. The van der Waals surface area contributed by atoms with E-state index in [0.717, 1.165) is 18.2 Å². The Morgan fingerprint density at radius 1 is 1.30 bits per heavy atom. The third-order valence-corrected chi connectivity index (χ3v) is 5.53. The summed E-state index contributed by atoms with van der Waals surface area (Å²) in [6, 6.07) is 2.68. The summed E-state index contributed by atoms with van der Waals surface area (Å²) >= 11 is 0. The fourth-order valence-corrected chi connectivity index (χ4v) is 4.62. The Balaban J connectivity index is 2.42. The lowest BCUT2D eigenvalue weighted by Gasteiger charge is -2.20. The zero-order chi connectivity index (χ0) is 15.3. The molecule has 0 spiro atoms. The molecule has 0 saturated carbocycles. The molecule has 2 rings (SSSR count). The molecular formula is C13H15F3O3S. The van der Waals surface area contributed by atoms with Gasteiger partial charge in [-0.15, -0.1) is 0 Å². The first kappa shape index (κ1) is 15.3. The molecule has 112 valence electrons. The van der Waals surface area contributed by atoms with E-state index < -0.39 is 32.4 Å². The van der Waals surface area contributed by atoms with Crippen LogP contribution in [0.25, 0.3) is 0 Å². The van der Waals surface area contributed by atoms with Gasteiger partial charge in [0.05, 0.1) is 21.3 Å². The van der Waals surface area contributed by atoms with Gasteiger partial charge >= 0.3 is 6.18 Å². The normalized spacial score (nSPS) is 21.8. The number of alkyl halides is 3. The van der Waals surface area contributed by atoms with Crippen molar-refractivity contribution in [3.63, 3.8) is 0 Å². The minimum absolute atomic E-state index is 0.00553. The second kappa shape index (κ2) is 4.46. The molecule has 0 radical (unpaired) electrons. The topological polar surface area (TPSA) is 54.4 Å². The number of rotatable bonds is 2. The number of hydrogen-bond donors (Lipinski definition) is 1. The Hall–Kier alpha value is -1.08. The maximum atomic E-state index is 12.6. The Morgan fingerprint density at radius 2 is 1.90 bits per heavy atom. The summed E-state index contributed by atoms with van der Waals surface area (Å²) in [7, 11) is -3.67. The standard InChI is InChI=1S/C13H15F3O3S/c1-12(2,17)7-10-6-8-5-9(13(14,15)16)3-4-11(8)20(10,18)19/h3-5,10,17H,6-7H2,1-2H3. The summed E-state index contributed by atoms with van der Waals surface area (Å²) in [5.41, 5.74) is -1.86. The van der Waals surface area contributed by atoms with Crippen molar-refractivity contribution in [1.29, 1.82) is 0 Å². The first-order valence-electron chi connectivity index (χ1n) is 6.08. The Kier molecular flexibility index (Phi) is 3.41. The van der Waals surface area contributed by atoms with Crippen LogP contribution in [0.2, 0.25) is 0 Å². The molecule has 0 fully saturated rings. The van der Waals surface area contributed by atoms with E-state index in [1.807, 2.05) is 0 Å². The predicted octanol–water partition coefficient (Wildman–Crippen LogP) is 2.56. The molecule has 1 aromatic carbocycles. The Bertz CT molecular complexity index is 627. The molecule has 0 saturated heterocycles. The van der Waals surface area contributed by atoms with E-state index in [-0.39, 0.29) is 23.3 Å². The molecule has 1 N–H and O–H groups in total. The van der Waals surface area contributed by atoms with Crippen molar-refractivity contribution in [3.8, 4) is 0 Å². The van der Waals surface area contributed by atoms with Crippen LogP contribution in [0.4, 0.5) is 13.2 Å². The van der Waals surface area contributed by atoms with Gasteiger partial charge in [-0.25, -0.2) is 8.42 Å². The van der Waals surface area contributed by atoms with Gasteiger partial charge < -0.3 is 5.11 Å². The van der Waals surface area contributed by atoms with Crippen molar-refractivity contribution in [2.75, 3.05) is 0 Å². The first-order valence-corrected chi connectivity index (χ1v) is 7.62. The van der Waals surface area contributed by atoms with E-state index in [2.05, 4.69) is 0 Å². The lowest BCUT2D eigenvalue weighted by Crippen LogP contribution is -2.30. The van der Waals surface area contributed by atoms with Crippen LogP contribution in [0.15, 0.2) is 23.1 Å². The van der Waals surface area contributed by atoms with Crippen molar-refractivity contribution in [2.45, 2.75) is 48.6 Å². The van der Waals surface area contributed by atoms with Gasteiger partial charge in [0.25, 0.3) is 0 Å². The Labute approximate surface area is 115 Å². The highest BCUT2D eigenvalue weighted by molar-refractivity contribution is 7.92. The fraction of sp³-hybridized carbons (Fsp3) is 0.538. The van der Waals surface area contributed by atoms with Gasteiger partial charge in [0.15, 0.2) is 9.84 Å². The van der Waals surface area contributed by atoms with Crippen LogP contribution in [0.1, 0.15) is 31.4 Å². The monoisotopic (exact) mass is 308 g/mol. The van der Waals surface area contributed by atoms with E-state index >= 15 is 0 Å². The average Bonchev–Trinajstić information content (AvgIpc) is 2.47. The van der Waals surface area contributed by atoms with Gasteiger partial charge in [-0.3, -0.25) is 0 Å². The van der Waals surface area contributed by atoms with Crippen LogP contribution >= 0.6 is 0 Å². The van der Waals surface area contributed by atoms with Crippen LogP contribution in [0.5, 0.6) is 0 Å². The molecule has 7 heteroatoms. The van der Waals surface area contributed by atoms with E-state index in [1.165, 1.54) is 13.8 Å². The SMILES string of the molecule is CC(C)(O)CC1Cc2cc(C(F)(F)F)ccc2S1(=O)=O. The number of hydrogen-bond acceptors (Lipinski definition) is 3. The van der Waals surface area contributed by atoms with E-state index in [4.69, 9.17) is 0 Å². The van der Waals surface area contributed by atoms with Crippen LogP contribution in [-0.4, -0.2) is 24.4 Å². The van der Waals surface area contributed by atoms with E-state index in [9.17, 15) is 26.7 Å². The summed E-state index contributed by atoms with van der Waals surface area (Å²) in [6.07, 6.45) is -4.50. The summed E-state index contributed by atoms with van der Waals surface area (Å²) in [5, 5.41) is 8.85. The molecular weight excluding hydrogens is 293 g/mol. The Morgan fingerprint density at radius 3 is 2.40 bits per heavy atom. The summed E-state index contributed by atoms with van der Waals surface area (Å²) in [5.74, 6) is 0. The summed E-state index contributed by atoms with van der Waals surface area (Å²) in [4.78, 5) is -0.0558. The second-order valence-electron chi connectivity index (χ2n) is 5.71. The molecule has 0 bridgehead atoms. The van der Waals surface area contributed by atoms with Gasteiger partial charge in [-0.05, 0) is 50.5 Å². The number of halogens is 3. The average molecular weight is 308 g/mol. The number of fused-ring (bicyclic) bond motifs is 1. The van der Waals surface area contributed by atoms with Gasteiger partial charge in [-0.2, -0.15) is 13.2 Å². The summed E-state index contributed by atoms with van der Waals surface area (Å²) in [6.45, 7) is 2.96. The minimum atomic E-state index is -4.49. The molecule has 0 aliphatic carbocycles. The molecule has 1 aliphatic heterocycles. The van der Waals surface area contributed by atoms with Gasteiger partial charge in [0, 0.05) is 0 Å². The predicted molar refractivity (Wildman–Crippen MR) is 67.0 cm³/mol. The van der Waals surface area contributed by atoms with Crippen molar-refractivity contribution in [3.05, 3.63) is 29.3 Å². The number of aliphatic hydroxyl groups is 1. The van der Waals surface area contributed by atoms with Crippen LogP contribution in [0, 0.1) is 0 Å². The molecule has 0 aromatic heterocycles. The van der Waals surface area contributed by atoms with Gasteiger partial charge in [0.1, 0.15) is 0 Å². The van der Waals surface area contributed by atoms with Crippen molar-refractivity contribution in [2.24, 2.45) is 0 Å². The highest BCUT2D eigenvalue weighted by atomic mass is 32.2. The van der Waals surface area contributed by atoms with E-state index in [0.29, 0.717) is 0 Å². The quantitative estimate of drug-likeness (QED) is 0.913. The molecule has 1 aliphatic rings. The fourth-order valence-electron chi connectivity index (χ4n) is 2.47. The molecule has 3 nitrogen and oxygen atoms in total. The van der Waals surface area contributed by atoms with Crippen LogP contribution < -0.4 is 0 Å². The lowest BCUT2D eigenvalue weighted by atomic mass is 9.98. The highest BCUT2D eigenvalue weighted by Crippen LogP contribution is 2.38. The highest BCUT2D eigenvalue weighted by Gasteiger charge is 2.41. The molecule has 1 heterocycles. The maximum absolute atomic E-state index is 12.6. The van der Waals surface area contributed by atoms with Crippen molar-refractivity contribution < 1.29 is 26.7 Å². The third kappa shape index (κ3) is 2.83. The van der Waals surface area contributed by atoms with Crippen molar-refractivity contribution in [1.82, 2.24) is 0 Å². The van der Waals surface area contributed by atoms with Gasteiger partial charge in [0.2, 0.25) is 0 Å². The van der Waals surface area contributed by atoms with Crippen molar-refractivity contribution >= 4 is 9.84 Å². The lowest BCUT2D eigenvalue weighted by molar-refractivity contribution is -0.137. The zero-order valence-corrected chi connectivity index (χ0v) is 11.8. The molecule has 1 unspecified atom stereocenters. The van der Waals surface area contributed by atoms with Gasteiger partial charge in [-0.1, -0.05) is 0 Å². The molecule has 0 amide bonds. The third-order valence-electron chi connectivity index (χ3n) is 3.31. The molecule has 1 atom stereocenters. The van der Waals surface area contributed by atoms with Crippen LogP contribution in [0.3, 0.4) is 0 Å². The van der Waals surface area contributed by atoms with Crippen LogP contribution in [-0.2, 0) is 22.4 Å². The number of sulfone groups is 1. The first-order chi connectivity index (χ1) is 8.91. The molecule has 1 aromatic rings. The molecule has 20 heavy (non-hydrogen) atoms. The maximum Gasteiger partial charge on any atom is 0.416 e. The largest absolute Gasteiger partial charge is 0.416 e. The summed E-state index contributed by atoms with van der Waals surface area (Å²) < 4.78 is 62.3. The second-order valence-corrected chi connectivity index (χ2v) is 7.90. The minimum Gasteiger partial charge on any atom is -0.390 e. The van der Waals surface area contributed by atoms with E-state index in [1.54, 1.807) is 0 Å².